The smallest absolute Gasteiger partial charge is 0.274 e. The van der Waals surface area contributed by atoms with Gasteiger partial charge in [0.05, 0.1) is 0 Å². The third kappa shape index (κ3) is 7.55. The molecule has 2 nitrogen and oxygen atoms in total. The Morgan fingerprint density at radius 3 is 2.05 bits per heavy atom. The molecule has 0 bridgehead atoms. The molecule has 0 aliphatic heterocycles. The molecule has 0 saturated heterocycles. The topological polar surface area (TPSA) is 40.5 Å². The minimum Gasteiger partial charge on any atom is -0.481 e. The van der Waals surface area contributed by atoms with Gasteiger partial charge in [-0.05, 0) is 24.0 Å². The third-order valence-electron chi connectivity index (χ3n) is 3.34. The fourth-order valence-corrected chi connectivity index (χ4v) is 2.22. The molecule has 0 amide bonds. The van der Waals surface area contributed by atoms with Crippen molar-refractivity contribution >= 4 is 6.08 Å². The fraction of sp³-hybridized carbons (Fsp3) is 0.529. The lowest BCUT2D eigenvalue weighted by Crippen LogP contribution is -1.87. The van der Waals surface area contributed by atoms with E-state index in [2.05, 4.69) is 19.1 Å². The second-order valence-electron chi connectivity index (χ2n) is 5.12. The summed E-state index contributed by atoms with van der Waals surface area (Å²) in [5.41, 5.74) is 2.14. The average molecular weight is 262 g/mol. The van der Waals surface area contributed by atoms with Gasteiger partial charge in [-0.25, -0.2) is 0 Å². The number of aliphatic hydroxyl groups is 2. The average Bonchev–Trinajstić information content (AvgIpc) is 2.39. The highest BCUT2D eigenvalue weighted by Gasteiger charge is 1.96. The Morgan fingerprint density at radius 1 is 0.895 bits per heavy atom. The molecule has 0 atom stereocenters. The minimum absolute atomic E-state index is 0.639. The van der Waals surface area contributed by atoms with E-state index in [-0.39, 0.29) is 0 Å². The van der Waals surface area contributed by atoms with Gasteiger partial charge in [0.25, 0.3) is 5.95 Å². The first-order valence-electron chi connectivity index (χ1n) is 7.41. The van der Waals surface area contributed by atoms with E-state index in [1.54, 1.807) is 0 Å². The van der Waals surface area contributed by atoms with E-state index < -0.39 is 5.95 Å². The van der Waals surface area contributed by atoms with Gasteiger partial charge in [-0.15, -0.1) is 0 Å². The second-order valence-corrected chi connectivity index (χ2v) is 5.12. The van der Waals surface area contributed by atoms with Gasteiger partial charge in [0.2, 0.25) is 0 Å². The Bertz CT molecular complexity index is 361. The van der Waals surface area contributed by atoms with Gasteiger partial charge in [0, 0.05) is 6.08 Å². The Kier molecular flexibility index (Phi) is 7.80. The summed E-state index contributed by atoms with van der Waals surface area (Å²) in [7, 11) is 0. The summed E-state index contributed by atoms with van der Waals surface area (Å²) in [5.74, 6) is -0.639. The standard InChI is InChI=1S/C17H26O2/c1-2-3-4-5-6-7-8-9-15-10-12-16(13-11-15)14-17(18)19/h10-14,18-19H,2-9H2,1H3. The first-order chi connectivity index (χ1) is 9.22. The maximum absolute atomic E-state index is 8.75. The Hall–Kier alpha value is -1.44. The fourth-order valence-electron chi connectivity index (χ4n) is 2.22. The van der Waals surface area contributed by atoms with Crippen molar-refractivity contribution in [3.8, 4) is 0 Å². The van der Waals surface area contributed by atoms with Crippen LogP contribution in [0.5, 0.6) is 0 Å². The van der Waals surface area contributed by atoms with Crippen LogP contribution >= 0.6 is 0 Å². The zero-order valence-electron chi connectivity index (χ0n) is 11.9. The highest BCUT2D eigenvalue weighted by Crippen LogP contribution is 2.12. The van der Waals surface area contributed by atoms with Crippen LogP contribution < -0.4 is 0 Å². The van der Waals surface area contributed by atoms with Crippen molar-refractivity contribution in [2.24, 2.45) is 0 Å². The van der Waals surface area contributed by atoms with E-state index in [1.807, 2.05) is 12.1 Å². The quantitative estimate of drug-likeness (QED) is 0.462. The van der Waals surface area contributed by atoms with Gasteiger partial charge in [0.15, 0.2) is 0 Å². The van der Waals surface area contributed by atoms with Crippen molar-refractivity contribution in [1.29, 1.82) is 0 Å². The molecule has 1 rings (SSSR count). The molecular weight excluding hydrogens is 236 g/mol. The van der Waals surface area contributed by atoms with Crippen molar-refractivity contribution in [1.82, 2.24) is 0 Å². The Balaban J connectivity index is 2.18. The summed E-state index contributed by atoms with van der Waals surface area (Å²) in [4.78, 5) is 0. The summed E-state index contributed by atoms with van der Waals surface area (Å²) in [5, 5.41) is 17.5. The molecule has 0 aromatic heterocycles. The van der Waals surface area contributed by atoms with Gasteiger partial charge in [-0.1, -0.05) is 69.7 Å². The number of aryl methyl sites for hydroxylation is 1. The molecule has 0 unspecified atom stereocenters. The van der Waals surface area contributed by atoms with E-state index in [9.17, 15) is 0 Å². The SMILES string of the molecule is CCCCCCCCCc1ccc(C=C(O)O)cc1. The van der Waals surface area contributed by atoms with Crippen LogP contribution in [-0.2, 0) is 6.42 Å². The molecule has 0 fully saturated rings. The van der Waals surface area contributed by atoms with Crippen molar-refractivity contribution in [3.05, 3.63) is 41.3 Å². The largest absolute Gasteiger partial charge is 0.481 e. The Morgan fingerprint density at radius 2 is 1.47 bits per heavy atom. The molecule has 2 heteroatoms. The number of hydrogen-bond donors (Lipinski definition) is 2. The van der Waals surface area contributed by atoms with Crippen LogP contribution in [0, 0.1) is 0 Å². The summed E-state index contributed by atoms with van der Waals surface area (Å²) >= 11 is 0. The second kappa shape index (κ2) is 9.48. The molecule has 2 N–H and O–H groups in total. The van der Waals surface area contributed by atoms with Crippen molar-refractivity contribution in [2.45, 2.75) is 58.3 Å². The highest BCUT2D eigenvalue weighted by molar-refractivity contribution is 5.49. The predicted octanol–water partition coefficient (Wildman–Crippen LogP) is 5.39. The number of unbranched alkanes of at least 4 members (excludes halogenated alkanes) is 6. The Labute approximate surface area is 116 Å². The van der Waals surface area contributed by atoms with Crippen LogP contribution in [0.15, 0.2) is 30.2 Å². The van der Waals surface area contributed by atoms with Gasteiger partial charge < -0.3 is 10.2 Å². The summed E-state index contributed by atoms with van der Waals surface area (Å²) in [6, 6.07) is 7.96. The van der Waals surface area contributed by atoms with Crippen LogP contribution in [-0.4, -0.2) is 10.2 Å². The lowest BCUT2D eigenvalue weighted by molar-refractivity contribution is 0.197. The van der Waals surface area contributed by atoms with Gasteiger partial charge in [-0.3, -0.25) is 0 Å². The number of rotatable bonds is 9. The first kappa shape index (κ1) is 15.6. The van der Waals surface area contributed by atoms with Gasteiger partial charge in [-0.2, -0.15) is 0 Å². The number of benzene rings is 1. The molecule has 19 heavy (non-hydrogen) atoms. The van der Waals surface area contributed by atoms with Crippen LogP contribution in [0.3, 0.4) is 0 Å². The molecule has 0 heterocycles. The van der Waals surface area contributed by atoms with Crippen LogP contribution in [0.2, 0.25) is 0 Å². The molecule has 0 aliphatic carbocycles. The molecule has 0 saturated carbocycles. The maximum Gasteiger partial charge on any atom is 0.274 e. The molecule has 1 aromatic rings. The van der Waals surface area contributed by atoms with E-state index in [1.165, 1.54) is 56.6 Å². The molecule has 1 aromatic carbocycles. The lowest BCUT2D eigenvalue weighted by atomic mass is 10.0. The molecule has 0 radical (unpaired) electrons. The van der Waals surface area contributed by atoms with E-state index in [4.69, 9.17) is 10.2 Å². The van der Waals surface area contributed by atoms with E-state index >= 15 is 0 Å². The molecule has 0 aliphatic rings. The molecule has 106 valence electrons. The predicted molar refractivity (Wildman–Crippen MR) is 81.4 cm³/mol. The van der Waals surface area contributed by atoms with Crippen molar-refractivity contribution < 1.29 is 10.2 Å². The van der Waals surface area contributed by atoms with Crippen molar-refractivity contribution in [3.63, 3.8) is 0 Å². The van der Waals surface area contributed by atoms with Gasteiger partial charge >= 0.3 is 0 Å². The zero-order chi connectivity index (χ0) is 13.9. The monoisotopic (exact) mass is 262 g/mol. The summed E-state index contributed by atoms with van der Waals surface area (Å²) in [6.45, 7) is 2.25. The van der Waals surface area contributed by atoms with Crippen LogP contribution in [0.25, 0.3) is 6.08 Å². The van der Waals surface area contributed by atoms with Crippen molar-refractivity contribution in [2.75, 3.05) is 0 Å². The normalized spacial score (nSPS) is 10.4. The van der Waals surface area contributed by atoms with Gasteiger partial charge in [0.1, 0.15) is 0 Å². The first-order valence-corrected chi connectivity index (χ1v) is 7.41. The number of aliphatic hydroxyl groups excluding tert-OH is 1. The highest BCUT2D eigenvalue weighted by atomic mass is 16.5. The maximum atomic E-state index is 8.75. The van der Waals surface area contributed by atoms with Crippen LogP contribution in [0.4, 0.5) is 0 Å². The zero-order valence-corrected chi connectivity index (χ0v) is 11.9. The number of hydrogen-bond acceptors (Lipinski definition) is 2. The lowest BCUT2D eigenvalue weighted by Gasteiger charge is -2.03. The molecular formula is C17H26O2. The third-order valence-corrected chi connectivity index (χ3v) is 3.34. The minimum atomic E-state index is -0.639. The summed E-state index contributed by atoms with van der Waals surface area (Å²) in [6.07, 6.45) is 11.8. The molecule has 0 spiro atoms. The van der Waals surface area contributed by atoms with Crippen LogP contribution in [0.1, 0.15) is 63.0 Å². The van der Waals surface area contributed by atoms with E-state index in [0.29, 0.717) is 0 Å². The van der Waals surface area contributed by atoms with E-state index in [0.717, 1.165) is 12.0 Å². The summed E-state index contributed by atoms with van der Waals surface area (Å²) < 4.78 is 0.